The van der Waals surface area contributed by atoms with Crippen LogP contribution in [-0.4, -0.2) is 6.61 Å². The van der Waals surface area contributed by atoms with Crippen LogP contribution < -0.4 is 0 Å². The fraction of sp³-hybridized carbons (Fsp3) is 0.538. The molecule has 1 aromatic carbocycles. The summed E-state index contributed by atoms with van der Waals surface area (Å²) in [7, 11) is 0. The zero-order chi connectivity index (χ0) is 10.2. The molecule has 0 unspecified atom stereocenters. The van der Waals surface area contributed by atoms with Crippen LogP contribution in [0.4, 0.5) is 0 Å². The summed E-state index contributed by atoms with van der Waals surface area (Å²) >= 11 is 0. The SMILES string of the molecule is CCCCc1ccc(COCC)cc1. The molecule has 0 radical (unpaired) electrons. The summed E-state index contributed by atoms with van der Waals surface area (Å²) in [5.74, 6) is 0. The Labute approximate surface area is 87.1 Å². The topological polar surface area (TPSA) is 9.23 Å². The average Bonchev–Trinajstić information content (AvgIpc) is 2.25. The van der Waals surface area contributed by atoms with Gasteiger partial charge in [0.1, 0.15) is 0 Å². The highest BCUT2D eigenvalue weighted by molar-refractivity contribution is 5.22. The Balaban J connectivity index is 2.42. The molecule has 1 rings (SSSR count). The lowest BCUT2D eigenvalue weighted by molar-refractivity contribution is 0.134. The Morgan fingerprint density at radius 3 is 2.21 bits per heavy atom. The van der Waals surface area contributed by atoms with Gasteiger partial charge in [-0.05, 0) is 30.9 Å². The van der Waals surface area contributed by atoms with E-state index < -0.39 is 0 Å². The number of benzene rings is 1. The third-order valence-corrected chi connectivity index (χ3v) is 2.31. The fourth-order valence-electron chi connectivity index (χ4n) is 1.40. The highest BCUT2D eigenvalue weighted by Crippen LogP contribution is 2.08. The lowest BCUT2D eigenvalue weighted by atomic mass is 10.1. The molecule has 0 aliphatic carbocycles. The molecule has 0 aliphatic rings. The molecule has 0 bridgehead atoms. The predicted octanol–water partition coefficient (Wildman–Crippen LogP) is 3.57. The van der Waals surface area contributed by atoms with Gasteiger partial charge in [0, 0.05) is 6.61 Å². The number of rotatable bonds is 6. The van der Waals surface area contributed by atoms with Crippen LogP contribution in [0.1, 0.15) is 37.8 Å². The smallest absolute Gasteiger partial charge is 0.0716 e. The minimum atomic E-state index is 0.741. The lowest BCUT2D eigenvalue weighted by Crippen LogP contribution is -1.92. The number of hydrogen-bond acceptors (Lipinski definition) is 1. The van der Waals surface area contributed by atoms with Gasteiger partial charge in [0.15, 0.2) is 0 Å². The van der Waals surface area contributed by atoms with Gasteiger partial charge in [-0.2, -0.15) is 0 Å². The van der Waals surface area contributed by atoms with Gasteiger partial charge in [-0.25, -0.2) is 0 Å². The van der Waals surface area contributed by atoms with E-state index in [4.69, 9.17) is 4.74 Å². The van der Waals surface area contributed by atoms with Gasteiger partial charge in [-0.3, -0.25) is 0 Å². The maximum atomic E-state index is 5.34. The van der Waals surface area contributed by atoms with Gasteiger partial charge in [0.2, 0.25) is 0 Å². The predicted molar refractivity (Wildman–Crippen MR) is 60.4 cm³/mol. The summed E-state index contributed by atoms with van der Waals surface area (Å²) in [4.78, 5) is 0. The first-order valence-corrected chi connectivity index (χ1v) is 5.52. The molecule has 0 heterocycles. The summed E-state index contributed by atoms with van der Waals surface area (Å²) < 4.78 is 5.34. The van der Waals surface area contributed by atoms with Crippen LogP contribution in [0.3, 0.4) is 0 Å². The van der Waals surface area contributed by atoms with E-state index in [1.807, 2.05) is 6.92 Å². The van der Waals surface area contributed by atoms with Crippen molar-refractivity contribution in [3.8, 4) is 0 Å². The first-order valence-electron chi connectivity index (χ1n) is 5.52. The highest BCUT2D eigenvalue weighted by Gasteiger charge is 1.94. The van der Waals surface area contributed by atoms with E-state index in [2.05, 4.69) is 31.2 Å². The summed E-state index contributed by atoms with van der Waals surface area (Å²) in [6.07, 6.45) is 3.75. The molecule has 0 atom stereocenters. The van der Waals surface area contributed by atoms with E-state index in [-0.39, 0.29) is 0 Å². The molecule has 0 saturated carbocycles. The minimum absolute atomic E-state index is 0.741. The molecule has 0 spiro atoms. The summed E-state index contributed by atoms with van der Waals surface area (Å²) in [6.45, 7) is 5.78. The van der Waals surface area contributed by atoms with Gasteiger partial charge >= 0.3 is 0 Å². The summed E-state index contributed by atoms with van der Waals surface area (Å²) in [6, 6.07) is 8.76. The zero-order valence-corrected chi connectivity index (χ0v) is 9.25. The van der Waals surface area contributed by atoms with Crippen molar-refractivity contribution in [2.75, 3.05) is 6.61 Å². The van der Waals surface area contributed by atoms with Crippen molar-refractivity contribution in [1.29, 1.82) is 0 Å². The van der Waals surface area contributed by atoms with Crippen molar-refractivity contribution in [1.82, 2.24) is 0 Å². The maximum Gasteiger partial charge on any atom is 0.0716 e. The average molecular weight is 192 g/mol. The maximum absolute atomic E-state index is 5.34. The quantitative estimate of drug-likeness (QED) is 0.669. The molecular formula is C13H20O. The number of ether oxygens (including phenoxy) is 1. The van der Waals surface area contributed by atoms with Gasteiger partial charge < -0.3 is 4.74 Å². The Morgan fingerprint density at radius 2 is 1.64 bits per heavy atom. The molecule has 0 saturated heterocycles. The van der Waals surface area contributed by atoms with Crippen molar-refractivity contribution in [3.63, 3.8) is 0 Å². The van der Waals surface area contributed by atoms with Crippen molar-refractivity contribution in [2.45, 2.75) is 39.7 Å². The molecule has 0 fully saturated rings. The molecule has 14 heavy (non-hydrogen) atoms. The van der Waals surface area contributed by atoms with Gasteiger partial charge in [0.05, 0.1) is 6.61 Å². The number of hydrogen-bond donors (Lipinski definition) is 0. The summed E-state index contributed by atoms with van der Waals surface area (Å²) in [5.41, 5.74) is 2.71. The van der Waals surface area contributed by atoms with Crippen molar-refractivity contribution >= 4 is 0 Å². The van der Waals surface area contributed by atoms with Gasteiger partial charge in [-0.1, -0.05) is 37.6 Å². The van der Waals surface area contributed by atoms with Crippen LogP contribution in [0.5, 0.6) is 0 Å². The second-order valence-corrected chi connectivity index (χ2v) is 3.56. The second kappa shape index (κ2) is 6.61. The fourth-order valence-corrected chi connectivity index (χ4v) is 1.40. The Kier molecular flexibility index (Phi) is 5.31. The van der Waals surface area contributed by atoms with Gasteiger partial charge in [0.25, 0.3) is 0 Å². The molecule has 1 aromatic rings. The van der Waals surface area contributed by atoms with E-state index >= 15 is 0 Å². The van der Waals surface area contributed by atoms with Crippen LogP contribution in [0.2, 0.25) is 0 Å². The van der Waals surface area contributed by atoms with E-state index in [9.17, 15) is 0 Å². The monoisotopic (exact) mass is 192 g/mol. The molecular weight excluding hydrogens is 172 g/mol. The Bertz CT molecular complexity index is 211. The van der Waals surface area contributed by atoms with Crippen LogP contribution >= 0.6 is 0 Å². The molecule has 0 amide bonds. The van der Waals surface area contributed by atoms with E-state index in [1.165, 1.54) is 30.4 Å². The Morgan fingerprint density at radius 1 is 1.00 bits per heavy atom. The first-order chi connectivity index (χ1) is 6.86. The second-order valence-electron chi connectivity index (χ2n) is 3.56. The number of unbranched alkanes of at least 4 members (excludes halogenated alkanes) is 1. The minimum Gasteiger partial charge on any atom is -0.377 e. The van der Waals surface area contributed by atoms with Crippen LogP contribution in [0.25, 0.3) is 0 Å². The molecule has 0 aliphatic heterocycles. The van der Waals surface area contributed by atoms with Crippen LogP contribution in [-0.2, 0) is 17.8 Å². The van der Waals surface area contributed by atoms with Crippen LogP contribution in [0, 0.1) is 0 Å². The normalized spacial score (nSPS) is 10.4. The van der Waals surface area contributed by atoms with Crippen molar-refractivity contribution < 1.29 is 4.74 Å². The molecule has 1 heteroatoms. The molecule has 1 nitrogen and oxygen atoms in total. The van der Waals surface area contributed by atoms with E-state index in [0.717, 1.165) is 13.2 Å². The molecule has 78 valence electrons. The van der Waals surface area contributed by atoms with Gasteiger partial charge in [-0.15, -0.1) is 0 Å². The summed E-state index contributed by atoms with van der Waals surface area (Å²) in [5, 5.41) is 0. The van der Waals surface area contributed by atoms with E-state index in [0.29, 0.717) is 0 Å². The largest absolute Gasteiger partial charge is 0.377 e. The van der Waals surface area contributed by atoms with Crippen LogP contribution in [0.15, 0.2) is 24.3 Å². The van der Waals surface area contributed by atoms with Crippen molar-refractivity contribution in [3.05, 3.63) is 35.4 Å². The third kappa shape index (κ3) is 3.93. The third-order valence-electron chi connectivity index (χ3n) is 2.31. The number of aryl methyl sites for hydroxylation is 1. The zero-order valence-electron chi connectivity index (χ0n) is 9.25. The first kappa shape index (κ1) is 11.3. The molecule has 0 aromatic heterocycles. The van der Waals surface area contributed by atoms with E-state index in [1.54, 1.807) is 0 Å². The highest BCUT2D eigenvalue weighted by atomic mass is 16.5. The lowest BCUT2D eigenvalue weighted by Gasteiger charge is -2.03. The van der Waals surface area contributed by atoms with Crippen molar-refractivity contribution in [2.24, 2.45) is 0 Å². The molecule has 0 N–H and O–H groups in total. The Hall–Kier alpha value is -0.820. The standard InChI is InChI=1S/C13H20O/c1-3-5-6-12-7-9-13(10-8-12)11-14-4-2/h7-10H,3-6,11H2,1-2H3.